The molecule has 3 aromatic carbocycles. The second-order valence-electron chi connectivity index (χ2n) is 7.25. The second-order valence-corrected chi connectivity index (χ2v) is 8.16. The van der Waals surface area contributed by atoms with E-state index in [1.807, 2.05) is 37.3 Å². The van der Waals surface area contributed by atoms with Gasteiger partial charge in [0.25, 0.3) is 11.8 Å². The van der Waals surface area contributed by atoms with Crippen molar-refractivity contribution in [2.45, 2.75) is 13.5 Å². The monoisotopic (exact) mass is 490 g/mol. The number of ether oxygens (including phenoxy) is 1. The Morgan fingerprint density at radius 3 is 2.34 bits per heavy atom. The smallest absolute Gasteiger partial charge is 0.335 e. The molecule has 0 saturated carbocycles. The van der Waals surface area contributed by atoms with E-state index in [2.05, 4.69) is 21.2 Å². The SMILES string of the molecule is Cc1ccc(N2C(=O)NC(=O)/C(=C\c3ccccc3OCc3ccc(Br)cc3)C2=O)cc1. The number of urea groups is 1. The normalized spacial score (nSPS) is 15.1. The van der Waals surface area contributed by atoms with Crippen LogP contribution in [0, 0.1) is 6.92 Å². The van der Waals surface area contributed by atoms with Crippen molar-refractivity contribution in [1.29, 1.82) is 0 Å². The minimum Gasteiger partial charge on any atom is -0.488 e. The van der Waals surface area contributed by atoms with Crippen LogP contribution >= 0.6 is 15.9 Å². The van der Waals surface area contributed by atoms with Gasteiger partial charge in [-0.15, -0.1) is 0 Å². The van der Waals surface area contributed by atoms with E-state index in [0.717, 1.165) is 20.5 Å². The largest absolute Gasteiger partial charge is 0.488 e. The molecule has 4 rings (SSSR count). The second kappa shape index (κ2) is 9.20. The zero-order valence-corrected chi connectivity index (χ0v) is 18.8. The third kappa shape index (κ3) is 4.63. The molecule has 7 heteroatoms. The van der Waals surface area contributed by atoms with Gasteiger partial charge in [-0.3, -0.25) is 14.9 Å². The van der Waals surface area contributed by atoms with Crippen LogP contribution < -0.4 is 15.0 Å². The number of hydrogen-bond acceptors (Lipinski definition) is 4. The summed E-state index contributed by atoms with van der Waals surface area (Å²) in [6.07, 6.45) is 1.45. The average molecular weight is 491 g/mol. The molecule has 4 amide bonds. The standard InChI is InChI=1S/C25H19BrN2O4/c1-16-6-12-20(13-7-16)28-24(30)21(23(29)27-25(28)31)14-18-4-2-3-5-22(18)32-15-17-8-10-19(26)11-9-17/h2-14H,15H2,1H3,(H,27,29,31)/b21-14+. The Balaban J connectivity index is 1.62. The number of hydrogen-bond donors (Lipinski definition) is 1. The first-order valence-electron chi connectivity index (χ1n) is 9.87. The number of benzene rings is 3. The molecule has 0 unspecified atom stereocenters. The summed E-state index contributed by atoms with van der Waals surface area (Å²) >= 11 is 3.40. The van der Waals surface area contributed by atoms with E-state index in [-0.39, 0.29) is 5.57 Å². The molecule has 0 bridgehead atoms. The van der Waals surface area contributed by atoms with Crippen molar-refractivity contribution >= 4 is 45.5 Å². The highest BCUT2D eigenvalue weighted by Crippen LogP contribution is 2.26. The Kier molecular flexibility index (Phi) is 6.18. The van der Waals surface area contributed by atoms with Gasteiger partial charge in [-0.1, -0.05) is 64.0 Å². The molecule has 160 valence electrons. The van der Waals surface area contributed by atoms with Gasteiger partial charge in [0.05, 0.1) is 5.69 Å². The summed E-state index contributed by atoms with van der Waals surface area (Å²) in [7, 11) is 0. The molecule has 1 aliphatic heterocycles. The number of aryl methyl sites for hydroxylation is 1. The van der Waals surface area contributed by atoms with Gasteiger partial charge in [-0.2, -0.15) is 0 Å². The number of nitrogens with one attached hydrogen (secondary N) is 1. The van der Waals surface area contributed by atoms with E-state index in [1.165, 1.54) is 6.08 Å². The van der Waals surface area contributed by atoms with Crippen LogP contribution in [0.2, 0.25) is 0 Å². The van der Waals surface area contributed by atoms with Crippen molar-refractivity contribution in [2.75, 3.05) is 4.90 Å². The van der Waals surface area contributed by atoms with E-state index in [4.69, 9.17) is 4.74 Å². The van der Waals surface area contributed by atoms with Gasteiger partial charge in [-0.05, 0) is 48.9 Å². The minimum absolute atomic E-state index is 0.148. The Hall–Kier alpha value is -3.71. The molecule has 1 N–H and O–H groups in total. The number of nitrogens with zero attached hydrogens (tertiary/aromatic N) is 1. The van der Waals surface area contributed by atoms with Crippen molar-refractivity contribution in [3.63, 3.8) is 0 Å². The van der Waals surface area contributed by atoms with Crippen LogP contribution in [-0.2, 0) is 16.2 Å². The predicted octanol–water partition coefficient (Wildman–Crippen LogP) is 5.00. The van der Waals surface area contributed by atoms with Gasteiger partial charge in [-0.25, -0.2) is 9.69 Å². The number of imide groups is 2. The third-order valence-corrected chi connectivity index (χ3v) is 5.45. The zero-order valence-electron chi connectivity index (χ0n) is 17.2. The molecule has 32 heavy (non-hydrogen) atoms. The summed E-state index contributed by atoms with van der Waals surface area (Å²) in [6.45, 7) is 2.23. The van der Waals surface area contributed by atoms with E-state index in [1.54, 1.807) is 42.5 Å². The fraction of sp³-hybridized carbons (Fsp3) is 0.0800. The Labute approximate surface area is 193 Å². The molecule has 1 heterocycles. The van der Waals surface area contributed by atoms with Crippen LogP contribution in [0.15, 0.2) is 82.8 Å². The van der Waals surface area contributed by atoms with Crippen molar-refractivity contribution in [1.82, 2.24) is 5.32 Å². The number of carbonyl (C=O) groups is 3. The molecular formula is C25H19BrN2O4. The first-order valence-corrected chi connectivity index (χ1v) is 10.7. The molecule has 1 fully saturated rings. The molecule has 0 aliphatic carbocycles. The number of halogens is 1. The Morgan fingerprint density at radius 2 is 1.62 bits per heavy atom. The molecule has 1 aliphatic rings. The lowest BCUT2D eigenvalue weighted by atomic mass is 10.1. The first-order chi connectivity index (χ1) is 15.4. The van der Waals surface area contributed by atoms with Crippen LogP contribution in [0.3, 0.4) is 0 Å². The summed E-state index contributed by atoms with van der Waals surface area (Å²) in [5.41, 5.74) is 2.75. The summed E-state index contributed by atoms with van der Waals surface area (Å²) < 4.78 is 6.91. The minimum atomic E-state index is -0.777. The number of rotatable bonds is 5. The quantitative estimate of drug-likeness (QED) is 0.403. The zero-order chi connectivity index (χ0) is 22.7. The van der Waals surface area contributed by atoms with Crippen molar-refractivity contribution in [2.24, 2.45) is 0 Å². The number of anilines is 1. The molecule has 0 radical (unpaired) electrons. The van der Waals surface area contributed by atoms with Crippen molar-refractivity contribution in [3.8, 4) is 5.75 Å². The lowest BCUT2D eigenvalue weighted by Gasteiger charge is -2.26. The molecule has 6 nitrogen and oxygen atoms in total. The third-order valence-electron chi connectivity index (χ3n) is 4.92. The van der Waals surface area contributed by atoms with Crippen LogP contribution in [0.5, 0.6) is 5.75 Å². The van der Waals surface area contributed by atoms with Gasteiger partial charge in [0.2, 0.25) is 0 Å². The molecule has 1 saturated heterocycles. The lowest BCUT2D eigenvalue weighted by Crippen LogP contribution is -2.54. The summed E-state index contributed by atoms with van der Waals surface area (Å²) in [5, 5.41) is 2.24. The number of amides is 4. The van der Waals surface area contributed by atoms with Gasteiger partial charge >= 0.3 is 6.03 Å². The average Bonchev–Trinajstić information content (AvgIpc) is 2.78. The Morgan fingerprint density at radius 1 is 0.938 bits per heavy atom. The highest BCUT2D eigenvalue weighted by Gasteiger charge is 2.36. The lowest BCUT2D eigenvalue weighted by molar-refractivity contribution is -0.122. The summed E-state index contributed by atoms with van der Waals surface area (Å²) in [5.74, 6) is -0.918. The maximum Gasteiger partial charge on any atom is 0.335 e. The van der Waals surface area contributed by atoms with Crippen LogP contribution in [0.25, 0.3) is 6.08 Å². The van der Waals surface area contributed by atoms with Gasteiger partial charge < -0.3 is 4.74 Å². The van der Waals surface area contributed by atoms with Crippen molar-refractivity contribution in [3.05, 3.63) is 99.5 Å². The highest BCUT2D eigenvalue weighted by molar-refractivity contribution is 9.10. The van der Waals surface area contributed by atoms with Crippen molar-refractivity contribution < 1.29 is 19.1 Å². The highest BCUT2D eigenvalue weighted by atomic mass is 79.9. The Bertz CT molecular complexity index is 1220. The van der Waals surface area contributed by atoms with E-state index >= 15 is 0 Å². The fourth-order valence-corrected chi connectivity index (χ4v) is 3.48. The summed E-state index contributed by atoms with van der Waals surface area (Å²) in [6, 6.07) is 21.0. The predicted molar refractivity (Wildman–Crippen MR) is 125 cm³/mol. The van der Waals surface area contributed by atoms with E-state index < -0.39 is 17.8 Å². The maximum absolute atomic E-state index is 13.1. The van der Waals surface area contributed by atoms with Crippen LogP contribution in [-0.4, -0.2) is 17.8 Å². The molecule has 0 spiro atoms. The number of carbonyl (C=O) groups excluding carboxylic acids is 3. The number of barbiturate groups is 1. The molecule has 0 aromatic heterocycles. The topological polar surface area (TPSA) is 75.7 Å². The molecule has 0 atom stereocenters. The van der Waals surface area contributed by atoms with Crippen LogP contribution in [0.1, 0.15) is 16.7 Å². The molecule has 3 aromatic rings. The van der Waals surface area contributed by atoms with Gasteiger partial charge in [0, 0.05) is 10.0 Å². The fourth-order valence-electron chi connectivity index (χ4n) is 3.21. The van der Waals surface area contributed by atoms with Gasteiger partial charge in [0.15, 0.2) is 0 Å². The molecular weight excluding hydrogens is 472 g/mol. The number of para-hydroxylation sites is 1. The maximum atomic E-state index is 13.1. The van der Waals surface area contributed by atoms with Crippen LogP contribution in [0.4, 0.5) is 10.5 Å². The summed E-state index contributed by atoms with van der Waals surface area (Å²) in [4.78, 5) is 38.9. The van der Waals surface area contributed by atoms with E-state index in [9.17, 15) is 14.4 Å². The van der Waals surface area contributed by atoms with E-state index in [0.29, 0.717) is 23.6 Å². The first kappa shape index (κ1) is 21.5. The van der Waals surface area contributed by atoms with Gasteiger partial charge in [0.1, 0.15) is 17.9 Å².